The Morgan fingerprint density at radius 1 is 1.23 bits per heavy atom. The van der Waals surface area contributed by atoms with Gasteiger partial charge in [0, 0.05) is 23.9 Å². The van der Waals surface area contributed by atoms with E-state index in [1.54, 1.807) is 0 Å². The molecule has 2 aliphatic heterocycles. The van der Waals surface area contributed by atoms with Gasteiger partial charge >= 0.3 is 0 Å². The molecular weight excluding hydrogens is 418 g/mol. The number of aryl methyl sites for hydroxylation is 1. The molecule has 5 rings (SSSR count). The van der Waals surface area contributed by atoms with Crippen LogP contribution in [0.1, 0.15) is 49.1 Å². The van der Waals surface area contributed by atoms with Crippen LogP contribution in [0.4, 0.5) is 11.6 Å². The van der Waals surface area contributed by atoms with E-state index in [2.05, 4.69) is 28.4 Å². The average Bonchev–Trinajstić information content (AvgIpc) is 3.12. The van der Waals surface area contributed by atoms with E-state index in [0.717, 1.165) is 78.7 Å². The number of aliphatic hydroxyl groups excluding tert-OH is 1. The monoisotopic (exact) mass is 445 g/mol. The molecule has 1 atom stereocenters. The quantitative estimate of drug-likeness (QED) is 0.725. The second kappa shape index (κ2) is 8.13. The molecule has 0 radical (unpaired) electrons. The fourth-order valence-corrected chi connectivity index (χ4v) is 6.42. The minimum Gasteiger partial charge on any atom is -0.394 e. The predicted molar refractivity (Wildman–Crippen MR) is 122 cm³/mol. The number of fused-ring (bicyclic) bond motifs is 1. The van der Waals surface area contributed by atoms with Crippen molar-refractivity contribution in [2.45, 2.75) is 54.9 Å². The number of piperidine rings is 1. The van der Waals surface area contributed by atoms with E-state index >= 15 is 0 Å². The normalized spacial score (nSPS) is 23.1. The van der Waals surface area contributed by atoms with Gasteiger partial charge in [-0.25, -0.2) is 4.98 Å². The average molecular weight is 446 g/mol. The second-order valence-corrected chi connectivity index (χ2v) is 10.8. The lowest BCUT2D eigenvalue weighted by atomic mass is 9.77. The fraction of sp³-hybridized carbons (Fsp3) is 0.522. The lowest BCUT2D eigenvalue weighted by molar-refractivity contribution is 0.143. The Bertz CT molecular complexity index is 948. The van der Waals surface area contributed by atoms with Gasteiger partial charge in [0.15, 0.2) is 0 Å². The van der Waals surface area contributed by atoms with Crippen LogP contribution < -0.4 is 10.2 Å². The Morgan fingerprint density at radius 3 is 2.60 bits per heavy atom. The maximum atomic E-state index is 12.6. The second-order valence-electron chi connectivity index (χ2n) is 8.85. The Hall–Kier alpha value is -1.63. The zero-order valence-corrected chi connectivity index (χ0v) is 18.6. The molecule has 7 heteroatoms. The van der Waals surface area contributed by atoms with Crippen molar-refractivity contribution >= 4 is 34.0 Å². The highest BCUT2D eigenvalue weighted by Gasteiger charge is 2.38. The third kappa shape index (κ3) is 3.74. The van der Waals surface area contributed by atoms with Gasteiger partial charge in [-0.2, -0.15) is 0 Å². The summed E-state index contributed by atoms with van der Waals surface area (Å²) >= 11 is 6.04. The number of hydrogen-bond donors (Lipinski definition) is 2. The largest absolute Gasteiger partial charge is 0.394 e. The molecule has 2 fully saturated rings. The third-order valence-electron chi connectivity index (χ3n) is 6.98. The molecule has 2 N–H and O–H groups in total. The maximum Gasteiger partial charge on any atom is 0.145 e. The molecule has 3 aliphatic rings. The van der Waals surface area contributed by atoms with Gasteiger partial charge in [-0.1, -0.05) is 23.7 Å². The molecule has 3 heterocycles. The highest BCUT2D eigenvalue weighted by molar-refractivity contribution is 7.85. The predicted octanol–water partition coefficient (Wildman–Crippen LogP) is 4.11. The first kappa shape index (κ1) is 20.3. The van der Waals surface area contributed by atoms with E-state index in [1.807, 2.05) is 12.1 Å². The van der Waals surface area contributed by atoms with E-state index < -0.39 is 10.8 Å². The number of nitrogens with one attached hydrogen (secondary N) is 1. The highest BCUT2D eigenvalue weighted by Crippen LogP contribution is 2.40. The third-order valence-corrected chi connectivity index (χ3v) is 8.72. The molecule has 1 aliphatic carbocycles. The summed E-state index contributed by atoms with van der Waals surface area (Å²) in [6, 6.07) is 10.4. The lowest BCUT2D eigenvalue weighted by Crippen LogP contribution is -2.48. The van der Waals surface area contributed by atoms with Crippen molar-refractivity contribution in [3.63, 3.8) is 0 Å². The molecule has 0 unspecified atom stereocenters. The van der Waals surface area contributed by atoms with Crippen molar-refractivity contribution < 1.29 is 9.32 Å². The first-order valence-electron chi connectivity index (χ1n) is 10.9. The van der Waals surface area contributed by atoms with Crippen LogP contribution in [0.5, 0.6) is 0 Å². The van der Waals surface area contributed by atoms with Crippen LogP contribution in [0.3, 0.4) is 0 Å². The lowest BCUT2D eigenvalue weighted by Gasteiger charge is -2.42. The molecule has 1 aromatic carbocycles. The summed E-state index contributed by atoms with van der Waals surface area (Å²) in [5, 5.41) is 14.2. The number of aliphatic hydroxyl groups is 1. The number of rotatable bonds is 5. The summed E-state index contributed by atoms with van der Waals surface area (Å²) in [5.41, 5.74) is 2.20. The van der Waals surface area contributed by atoms with E-state index in [0.29, 0.717) is 11.7 Å². The van der Waals surface area contributed by atoms with E-state index in [1.165, 1.54) is 5.56 Å². The number of anilines is 2. The Morgan fingerprint density at radius 2 is 1.97 bits per heavy atom. The van der Waals surface area contributed by atoms with Gasteiger partial charge < -0.3 is 15.3 Å². The molecule has 1 aromatic heterocycles. The highest BCUT2D eigenvalue weighted by atomic mass is 35.5. The fourth-order valence-electron chi connectivity index (χ4n) is 4.92. The van der Waals surface area contributed by atoms with Crippen molar-refractivity contribution in [3.8, 4) is 0 Å². The van der Waals surface area contributed by atoms with Crippen molar-refractivity contribution in [2.24, 2.45) is 0 Å². The maximum absolute atomic E-state index is 12.6. The van der Waals surface area contributed by atoms with Gasteiger partial charge in [0.2, 0.25) is 0 Å². The summed E-state index contributed by atoms with van der Waals surface area (Å²) in [7, 11) is -1.01. The molecule has 5 nitrogen and oxygen atoms in total. The first-order valence-corrected chi connectivity index (χ1v) is 12.6. The summed E-state index contributed by atoms with van der Waals surface area (Å²) < 4.78 is 12.6. The Kier molecular flexibility index (Phi) is 5.50. The van der Waals surface area contributed by atoms with Crippen LogP contribution in [-0.2, 0) is 17.2 Å². The standard InChI is InChI=1S/C23H28ClN3O2S/c24-19-4-2-16(3-5-19)17-6-11-27(12-7-17)20-14-18-8-13-30(29)21(18)22(25-20)26-23(15-28)9-1-10-23/h2-5,14,17,28H,1,6-13,15H2,(H,25,26)/t30-/m0/s1. The van der Waals surface area contributed by atoms with Crippen LogP contribution >= 0.6 is 11.6 Å². The van der Waals surface area contributed by atoms with Gasteiger partial charge in [0.25, 0.3) is 0 Å². The molecule has 0 amide bonds. The smallest absolute Gasteiger partial charge is 0.145 e. The molecule has 1 saturated heterocycles. The molecule has 1 saturated carbocycles. The van der Waals surface area contributed by atoms with E-state index in [9.17, 15) is 9.32 Å². The number of hydrogen-bond acceptors (Lipinski definition) is 5. The molecule has 0 bridgehead atoms. The minimum atomic E-state index is -1.01. The van der Waals surface area contributed by atoms with Gasteiger partial charge in [0.05, 0.1) is 27.8 Å². The van der Waals surface area contributed by atoms with Crippen molar-refractivity contribution in [1.82, 2.24) is 4.98 Å². The van der Waals surface area contributed by atoms with Crippen molar-refractivity contribution in [3.05, 3.63) is 46.5 Å². The van der Waals surface area contributed by atoms with E-state index in [4.69, 9.17) is 16.6 Å². The van der Waals surface area contributed by atoms with Crippen LogP contribution in [0.25, 0.3) is 0 Å². The van der Waals surface area contributed by atoms with Gasteiger partial charge in [-0.15, -0.1) is 0 Å². The molecule has 30 heavy (non-hydrogen) atoms. The summed E-state index contributed by atoms with van der Waals surface area (Å²) in [6.45, 7) is 1.99. The molecular formula is C23H28ClN3O2S. The zero-order valence-electron chi connectivity index (χ0n) is 17.1. The van der Waals surface area contributed by atoms with Crippen molar-refractivity contribution in [2.75, 3.05) is 35.7 Å². The van der Waals surface area contributed by atoms with E-state index in [-0.39, 0.29) is 12.1 Å². The SMILES string of the molecule is O=[S@]1CCc2cc(N3CCC(c4ccc(Cl)cc4)CC3)nc(NC3(CO)CCC3)c21. The molecule has 2 aromatic rings. The number of halogens is 1. The minimum absolute atomic E-state index is 0.0901. The number of aromatic nitrogens is 1. The van der Waals surface area contributed by atoms with Crippen LogP contribution in [0.15, 0.2) is 35.2 Å². The summed E-state index contributed by atoms with van der Waals surface area (Å²) in [6.07, 6.45) is 5.97. The van der Waals surface area contributed by atoms with Gasteiger partial charge in [-0.3, -0.25) is 4.21 Å². The number of pyridine rings is 1. The van der Waals surface area contributed by atoms with Crippen LogP contribution in [0.2, 0.25) is 5.02 Å². The zero-order chi connectivity index (χ0) is 20.7. The Balaban J connectivity index is 1.37. The number of benzene rings is 1. The topological polar surface area (TPSA) is 65.5 Å². The van der Waals surface area contributed by atoms with Gasteiger partial charge in [-0.05, 0) is 73.8 Å². The first-order chi connectivity index (χ1) is 14.6. The molecule has 160 valence electrons. The summed E-state index contributed by atoms with van der Waals surface area (Å²) in [4.78, 5) is 8.14. The van der Waals surface area contributed by atoms with Crippen LogP contribution in [-0.4, -0.2) is 45.3 Å². The van der Waals surface area contributed by atoms with Crippen molar-refractivity contribution in [1.29, 1.82) is 0 Å². The Labute approximate surface area is 185 Å². The van der Waals surface area contributed by atoms with Gasteiger partial charge in [0.1, 0.15) is 11.6 Å². The van der Waals surface area contributed by atoms with Crippen LogP contribution in [0, 0.1) is 0 Å². The summed E-state index contributed by atoms with van der Waals surface area (Å²) in [5.74, 6) is 2.91. The number of nitrogens with zero attached hydrogens (tertiary/aromatic N) is 2. The molecule has 0 spiro atoms.